The van der Waals surface area contributed by atoms with Gasteiger partial charge in [0.1, 0.15) is 5.65 Å². The smallest absolute Gasteiger partial charge is 0.339 e. The highest BCUT2D eigenvalue weighted by atomic mass is 16.5. The van der Waals surface area contributed by atoms with Crippen molar-refractivity contribution in [2.45, 2.75) is 6.54 Å². The molecule has 134 valence electrons. The van der Waals surface area contributed by atoms with Gasteiger partial charge in [0, 0.05) is 12.7 Å². The van der Waals surface area contributed by atoms with Crippen LogP contribution in [0.4, 0.5) is 5.69 Å². The van der Waals surface area contributed by atoms with Crippen molar-refractivity contribution in [2.75, 3.05) is 26.5 Å². The molecule has 0 spiro atoms. The van der Waals surface area contributed by atoms with Crippen molar-refractivity contribution in [3.63, 3.8) is 0 Å². The van der Waals surface area contributed by atoms with Gasteiger partial charge in [-0.3, -0.25) is 4.79 Å². The van der Waals surface area contributed by atoms with E-state index >= 15 is 0 Å². The fourth-order valence-corrected chi connectivity index (χ4v) is 2.74. The van der Waals surface area contributed by atoms with Crippen LogP contribution in [0.1, 0.15) is 26.5 Å². The van der Waals surface area contributed by atoms with Crippen LogP contribution in [0.2, 0.25) is 0 Å². The van der Waals surface area contributed by atoms with Gasteiger partial charge in [-0.05, 0) is 38.4 Å². The summed E-state index contributed by atoms with van der Waals surface area (Å²) in [4.78, 5) is 31.2. The molecule has 0 saturated heterocycles. The van der Waals surface area contributed by atoms with Crippen LogP contribution in [0.25, 0.3) is 5.65 Å². The molecule has 26 heavy (non-hydrogen) atoms. The lowest BCUT2D eigenvalue weighted by Crippen LogP contribution is -2.20. The van der Waals surface area contributed by atoms with Gasteiger partial charge >= 0.3 is 5.97 Å². The molecule has 0 bridgehead atoms. The Hall–Kier alpha value is -3.19. The van der Waals surface area contributed by atoms with Gasteiger partial charge in [-0.1, -0.05) is 18.2 Å². The number of anilines is 1. The molecule has 0 aliphatic rings. The number of carbonyl (C=O) groups is 2. The fraction of sp³-hybridized carbons (Fsp3) is 0.211. The van der Waals surface area contributed by atoms with Gasteiger partial charge in [0.15, 0.2) is 5.69 Å². The Morgan fingerprint density at radius 2 is 1.88 bits per heavy atom. The number of hydrogen-bond acceptors (Lipinski definition) is 5. The van der Waals surface area contributed by atoms with E-state index in [0.717, 1.165) is 5.69 Å². The molecular weight excluding hydrogens is 332 g/mol. The lowest BCUT2D eigenvalue weighted by atomic mass is 10.1. The van der Waals surface area contributed by atoms with Crippen LogP contribution in [0.15, 0.2) is 48.7 Å². The quantitative estimate of drug-likeness (QED) is 0.714. The predicted molar refractivity (Wildman–Crippen MR) is 98.3 cm³/mol. The molecular formula is C19H20N4O3. The number of amides is 1. The van der Waals surface area contributed by atoms with Crippen LogP contribution in [-0.2, 0) is 11.3 Å². The third-order valence-electron chi connectivity index (χ3n) is 3.89. The maximum atomic E-state index is 12.9. The number of carbonyl (C=O) groups excluding carboxylic acids is 2. The highest BCUT2D eigenvalue weighted by Crippen LogP contribution is 2.20. The minimum atomic E-state index is -0.510. The Morgan fingerprint density at radius 1 is 1.15 bits per heavy atom. The van der Waals surface area contributed by atoms with Gasteiger partial charge in [-0.15, -0.1) is 0 Å². The summed E-state index contributed by atoms with van der Waals surface area (Å²) in [5.74, 6) is -0.883. The van der Waals surface area contributed by atoms with Crippen LogP contribution in [0, 0.1) is 0 Å². The zero-order valence-electron chi connectivity index (χ0n) is 14.9. The molecule has 0 atom stereocenters. The summed E-state index contributed by atoms with van der Waals surface area (Å²) in [7, 11) is 5.16. The zero-order chi connectivity index (χ0) is 18.7. The topological polar surface area (TPSA) is 75.9 Å². The Labute approximate surface area is 151 Å². The average molecular weight is 352 g/mol. The molecule has 1 N–H and O–H groups in total. The molecule has 0 saturated carbocycles. The van der Waals surface area contributed by atoms with Gasteiger partial charge < -0.3 is 19.4 Å². The number of ether oxygens (including phenoxy) is 1. The molecule has 0 radical (unpaired) electrons. The van der Waals surface area contributed by atoms with E-state index in [0.29, 0.717) is 29.1 Å². The summed E-state index contributed by atoms with van der Waals surface area (Å²) in [6.07, 6.45) is 1.88. The molecule has 1 amide bonds. The Bertz CT molecular complexity index is 962. The molecule has 0 unspecified atom stereocenters. The minimum Gasteiger partial charge on any atom is -0.465 e. The number of benzene rings is 1. The van der Waals surface area contributed by atoms with Crippen LogP contribution >= 0.6 is 0 Å². The summed E-state index contributed by atoms with van der Waals surface area (Å²) < 4.78 is 6.66. The van der Waals surface area contributed by atoms with Crippen molar-refractivity contribution in [1.29, 1.82) is 0 Å². The van der Waals surface area contributed by atoms with Gasteiger partial charge in [-0.25, -0.2) is 9.78 Å². The Kier molecular flexibility index (Phi) is 4.99. The molecule has 0 aliphatic carbocycles. The molecule has 0 fully saturated rings. The molecule has 7 nitrogen and oxygen atoms in total. The minimum absolute atomic E-state index is 0.293. The standard InChI is InChI=1S/C19H20N4O3/c1-22(2)12-15-17(21-16-10-6-7-11-23(15)16)18(24)20-14-9-5-4-8-13(14)19(25)26-3/h4-11H,12H2,1-3H3,(H,20,24). The fourth-order valence-electron chi connectivity index (χ4n) is 2.74. The van der Waals surface area contributed by atoms with E-state index in [9.17, 15) is 9.59 Å². The number of rotatable bonds is 5. The third kappa shape index (κ3) is 3.43. The normalized spacial score (nSPS) is 10.9. The highest BCUT2D eigenvalue weighted by Gasteiger charge is 2.21. The van der Waals surface area contributed by atoms with Gasteiger partial charge in [0.25, 0.3) is 5.91 Å². The number of pyridine rings is 1. The number of nitrogens with one attached hydrogen (secondary N) is 1. The first-order valence-electron chi connectivity index (χ1n) is 8.10. The van der Waals surface area contributed by atoms with Crippen molar-refractivity contribution in [2.24, 2.45) is 0 Å². The Morgan fingerprint density at radius 3 is 2.62 bits per heavy atom. The number of methoxy groups -OCH3 is 1. The van der Waals surface area contributed by atoms with E-state index in [4.69, 9.17) is 4.74 Å². The van der Waals surface area contributed by atoms with Crippen molar-refractivity contribution >= 4 is 23.2 Å². The van der Waals surface area contributed by atoms with E-state index in [-0.39, 0.29) is 5.91 Å². The molecule has 7 heteroatoms. The summed E-state index contributed by atoms with van der Waals surface area (Å²) in [5.41, 5.74) is 2.47. The SMILES string of the molecule is COC(=O)c1ccccc1NC(=O)c1nc2ccccn2c1CN(C)C. The molecule has 2 aromatic heterocycles. The van der Waals surface area contributed by atoms with Gasteiger partial charge in [0.05, 0.1) is 24.1 Å². The number of para-hydroxylation sites is 1. The first-order valence-corrected chi connectivity index (χ1v) is 8.10. The first kappa shape index (κ1) is 17.6. The summed E-state index contributed by atoms with van der Waals surface area (Å²) in [6.45, 7) is 0.548. The number of fused-ring (bicyclic) bond motifs is 1. The van der Waals surface area contributed by atoms with Crippen LogP contribution in [-0.4, -0.2) is 47.4 Å². The molecule has 2 heterocycles. The van der Waals surface area contributed by atoms with Crippen LogP contribution in [0.5, 0.6) is 0 Å². The predicted octanol–water partition coefficient (Wildman–Crippen LogP) is 2.43. The third-order valence-corrected chi connectivity index (χ3v) is 3.89. The van der Waals surface area contributed by atoms with E-state index in [1.165, 1.54) is 7.11 Å². The maximum Gasteiger partial charge on any atom is 0.339 e. The molecule has 0 aliphatic heterocycles. The molecule has 3 rings (SSSR count). The summed E-state index contributed by atoms with van der Waals surface area (Å²) in [6, 6.07) is 12.3. The van der Waals surface area contributed by atoms with E-state index in [1.807, 2.05) is 47.8 Å². The second-order valence-corrected chi connectivity index (χ2v) is 6.07. The lowest BCUT2D eigenvalue weighted by Gasteiger charge is -2.12. The highest BCUT2D eigenvalue weighted by molar-refractivity contribution is 6.08. The Balaban J connectivity index is 2.00. The van der Waals surface area contributed by atoms with Crippen molar-refractivity contribution in [3.8, 4) is 0 Å². The monoisotopic (exact) mass is 352 g/mol. The summed E-state index contributed by atoms with van der Waals surface area (Å²) in [5, 5.41) is 2.78. The zero-order valence-corrected chi connectivity index (χ0v) is 14.9. The maximum absolute atomic E-state index is 12.9. The molecule has 3 aromatic rings. The number of nitrogens with zero attached hydrogens (tertiary/aromatic N) is 3. The van der Waals surface area contributed by atoms with Crippen molar-refractivity contribution in [1.82, 2.24) is 14.3 Å². The second-order valence-electron chi connectivity index (χ2n) is 6.07. The number of aromatic nitrogens is 2. The van der Waals surface area contributed by atoms with Gasteiger partial charge in [-0.2, -0.15) is 0 Å². The van der Waals surface area contributed by atoms with Crippen molar-refractivity contribution < 1.29 is 14.3 Å². The van der Waals surface area contributed by atoms with Gasteiger partial charge in [0.2, 0.25) is 0 Å². The van der Waals surface area contributed by atoms with Crippen LogP contribution < -0.4 is 5.32 Å². The average Bonchev–Trinajstić information content (AvgIpc) is 3.00. The van der Waals surface area contributed by atoms with Crippen LogP contribution in [0.3, 0.4) is 0 Å². The number of hydrogen-bond donors (Lipinski definition) is 1. The van der Waals surface area contributed by atoms with E-state index in [2.05, 4.69) is 10.3 Å². The van der Waals surface area contributed by atoms with Crippen molar-refractivity contribution in [3.05, 3.63) is 65.6 Å². The number of esters is 1. The van der Waals surface area contributed by atoms with E-state index in [1.54, 1.807) is 24.3 Å². The molecule has 1 aromatic carbocycles. The largest absolute Gasteiger partial charge is 0.465 e. The summed E-state index contributed by atoms with van der Waals surface area (Å²) >= 11 is 0. The lowest BCUT2D eigenvalue weighted by molar-refractivity contribution is 0.0602. The number of imidazole rings is 1. The first-order chi connectivity index (χ1) is 12.5. The van der Waals surface area contributed by atoms with E-state index < -0.39 is 5.97 Å². The second kappa shape index (κ2) is 7.37.